The lowest BCUT2D eigenvalue weighted by Crippen LogP contribution is -2.02. The lowest BCUT2D eigenvalue weighted by atomic mass is 10.2. The summed E-state index contributed by atoms with van der Waals surface area (Å²) in [6, 6.07) is 3.59. The van der Waals surface area contributed by atoms with Crippen LogP contribution in [0.5, 0.6) is 5.88 Å². The van der Waals surface area contributed by atoms with E-state index in [0.29, 0.717) is 5.88 Å². The number of nitrogens with zero attached hydrogens (tertiary/aromatic N) is 1. The van der Waals surface area contributed by atoms with Crippen molar-refractivity contribution in [1.82, 2.24) is 4.98 Å². The van der Waals surface area contributed by atoms with Crippen molar-refractivity contribution in [2.75, 3.05) is 0 Å². The van der Waals surface area contributed by atoms with Crippen LogP contribution in [0.25, 0.3) is 0 Å². The molecule has 0 bridgehead atoms. The molecule has 3 nitrogen and oxygen atoms in total. The summed E-state index contributed by atoms with van der Waals surface area (Å²) in [4.78, 5) is 14.5. The Bertz CT molecular complexity index is 266. The predicted octanol–water partition coefficient (Wildman–Crippen LogP) is 1.57. The van der Waals surface area contributed by atoms with E-state index in [1.807, 2.05) is 13.0 Å². The Morgan fingerprint density at radius 1 is 1.58 bits per heavy atom. The molecule has 0 spiro atoms. The van der Waals surface area contributed by atoms with Crippen LogP contribution in [-0.4, -0.2) is 11.0 Å². The summed E-state index contributed by atoms with van der Waals surface area (Å²) in [6.07, 6.45) is 2.64. The van der Waals surface area contributed by atoms with E-state index in [-0.39, 0.29) is 5.97 Å². The van der Waals surface area contributed by atoms with E-state index in [0.717, 1.165) is 12.0 Å². The number of hydrogen-bond donors (Lipinski definition) is 0. The fourth-order valence-corrected chi connectivity index (χ4v) is 0.828. The van der Waals surface area contributed by atoms with Gasteiger partial charge in [0, 0.05) is 19.2 Å². The van der Waals surface area contributed by atoms with Gasteiger partial charge in [0.15, 0.2) is 0 Å². The smallest absolute Gasteiger partial charge is 0.309 e. The third-order valence-corrected chi connectivity index (χ3v) is 1.45. The van der Waals surface area contributed by atoms with Gasteiger partial charge in [-0.25, -0.2) is 4.98 Å². The standard InChI is InChI=1S/C9H11NO2/c1-3-8-4-5-9(10-6-8)12-7(2)11/h4-6H,3H2,1-2H3. The van der Waals surface area contributed by atoms with Gasteiger partial charge in [0.1, 0.15) is 0 Å². The minimum atomic E-state index is -0.341. The normalized spacial score (nSPS) is 9.50. The molecule has 1 heterocycles. The maximum Gasteiger partial charge on any atom is 0.309 e. The van der Waals surface area contributed by atoms with Gasteiger partial charge < -0.3 is 4.74 Å². The molecule has 1 aromatic heterocycles. The van der Waals surface area contributed by atoms with E-state index in [4.69, 9.17) is 4.74 Å². The Morgan fingerprint density at radius 3 is 2.75 bits per heavy atom. The van der Waals surface area contributed by atoms with Gasteiger partial charge in [-0.15, -0.1) is 0 Å². The molecule has 0 saturated heterocycles. The first-order valence-corrected chi connectivity index (χ1v) is 3.85. The third-order valence-electron chi connectivity index (χ3n) is 1.45. The Labute approximate surface area is 71.4 Å². The summed E-state index contributed by atoms with van der Waals surface area (Å²) in [5.74, 6) is 0.0199. The molecule has 0 radical (unpaired) electrons. The van der Waals surface area contributed by atoms with Gasteiger partial charge in [-0.2, -0.15) is 0 Å². The van der Waals surface area contributed by atoms with Crippen molar-refractivity contribution < 1.29 is 9.53 Å². The van der Waals surface area contributed by atoms with Crippen LogP contribution < -0.4 is 4.74 Å². The van der Waals surface area contributed by atoms with Crippen LogP contribution in [0.4, 0.5) is 0 Å². The molecule has 12 heavy (non-hydrogen) atoms. The maximum atomic E-state index is 10.5. The Balaban J connectivity index is 2.71. The molecular formula is C9H11NO2. The first-order valence-electron chi connectivity index (χ1n) is 3.85. The number of esters is 1. The molecule has 3 heteroatoms. The number of carbonyl (C=O) groups is 1. The molecule has 0 atom stereocenters. The largest absolute Gasteiger partial charge is 0.408 e. The summed E-state index contributed by atoms with van der Waals surface area (Å²) >= 11 is 0. The number of pyridine rings is 1. The van der Waals surface area contributed by atoms with Gasteiger partial charge in [-0.05, 0) is 12.0 Å². The van der Waals surface area contributed by atoms with Crippen LogP contribution in [0.1, 0.15) is 19.4 Å². The molecule has 0 saturated carbocycles. The van der Waals surface area contributed by atoms with Gasteiger partial charge in [0.2, 0.25) is 5.88 Å². The van der Waals surface area contributed by atoms with E-state index in [9.17, 15) is 4.79 Å². The van der Waals surface area contributed by atoms with Gasteiger partial charge in [-0.1, -0.05) is 13.0 Å². The minimum absolute atomic E-state index is 0.341. The Morgan fingerprint density at radius 2 is 2.33 bits per heavy atom. The summed E-state index contributed by atoms with van der Waals surface area (Å²) in [6.45, 7) is 3.40. The van der Waals surface area contributed by atoms with Gasteiger partial charge >= 0.3 is 5.97 Å². The summed E-state index contributed by atoms with van der Waals surface area (Å²) in [5.41, 5.74) is 1.13. The highest BCUT2D eigenvalue weighted by Crippen LogP contribution is 2.07. The van der Waals surface area contributed by atoms with E-state index in [1.54, 1.807) is 12.3 Å². The lowest BCUT2D eigenvalue weighted by molar-refractivity contribution is -0.132. The van der Waals surface area contributed by atoms with Crippen LogP contribution >= 0.6 is 0 Å². The molecule has 64 valence electrons. The summed E-state index contributed by atoms with van der Waals surface area (Å²) < 4.78 is 4.76. The number of rotatable bonds is 2. The van der Waals surface area contributed by atoms with Crippen LogP contribution in [-0.2, 0) is 11.2 Å². The Kier molecular flexibility index (Phi) is 2.80. The number of hydrogen-bond acceptors (Lipinski definition) is 3. The topological polar surface area (TPSA) is 39.2 Å². The van der Waals surface area contributed by atoms with Crippen LogP contribution in [0.2, 0.25) is 0 Å². The second kappa shape index (κ2) is 3.85. The molecule has 0 amide bonds. The summed E-state index contributed by atoms with van der Waals surface area (Å²) in [5, 5.41) is 0. The molecule has 0 fully saturated rings. The van der Waals surface area contributed by atoms with Crippen LogP contribution in [0.15, 0.2) is 18.3 Å². The molecule has 1 aromatic rings. The highest BCUT2D eigenvalue weighted by molar-refractivity contribution is 5.68. The van der Waals surface area contributed by atoms with Crippen molar-refractivity contribution in [3.8, 4) is 5.88 Å². The number of ether oxygens (including phenoxy) is 1. The zero-order valence-corrected chi connectivity index (χ0v) is 7.20. The van der Waals surface area contributed by atoms with Crippen molar-refractivity contribution in [3.63, 3.8) is 0 Å². The molecule has 0 aliphatic heterocycles. The maximum absolute atomic E-state index is 10.5. The molecule has 1 rings (SSSR count). The summed E-state index contributed by atoms with van der Waals surface area (Å²) in [7, 11) is 0. The third kappa shape index (κ3) is 2.34. The molecule has 0 N–H and O–H groups in total. The van der Waals surface area contributed by atoms with Crippen molar-refractivity contribution in [3.05, 3.63) is 23.9 Å². The Hall–Kier alpha value is -1.38. The van der Waals surface area contributed by atoms with E-state index in [2.05, 4.69) is 4.98 Å². The lowest BCUT2D eigenvalue weighted by Gasteiger charge is -1.99. The number of aromatic nitrogens is 1. The van der Waals surface area contributed by atoms with E-state index in [1.165, 1.54) is 6.92 Å². The molecule has 0 aliphatic rings. The fourth-order valence-electron chi connectivity index (χ4n) is 0.828. The second-order valence-electron chi connectivity index (χ2n) is 2.45. The first-order chi connectivity index (χ1) is 5.72. The van der Waals surface area contributed by atoms with Crippen LogP contribution in [0, 0.1) is 0 Å². The molecule has 0 unspecified atom stereocenters. The minimum Gasteiger partial charge on any atom is -0.408 e. The average Bonchev–Trinajstić information content (AvgIpc) is 2.05. The molecule has 0 aromatic carbocycles. The number of carbonyl (C=O) groups excluding carboxylic acids is 1. The highest BCUT2D eigenvalue weighted by atomic mass is 16.5. The van der Waals surface area contributed by atoms with Crippen LogP contribution in [0.3, 0.4) is 0 Å². The van der Waals surface area contributed by atoms with Crippen molar-refractivity contribution >= 4 is 5.97 Å². The van der Waals surface area contributed by atoms with Crippen molar-refractivity contribution in [1.29, 1.82) is 0 Å². The quantitative estimate of drug-likeness (QED) is 0.624. The van der Waals surface area contributed by atoms with E-state index >= 15 is 0 Å². The van der Waals surface area contributed by atoms with E-state index < -0.39 is 0 Å². The van der Waals surface area contributed by atoms with Gasteiger partial charge in [0.25, 0.3) is 0 Å². The zero-order chi connectivity index (χ0) is 8.97. The zero-order valence-electron chi connectivity index (χ0n) is 7.20. The predicted molar refractivity (Wildman–Crippen MR) is 44.9 cm³/mol. The number of aryl methyl sites for hydroxylation is 1. The van der Waals surface area contributed by atoms with Crippen molar-refractivity contribution in [2.24, 2.45) is 0 Å². The van der Waals surface area contributed by atoms with Gasteiger partial charge in [-0.3, -0.25) is 4.79 Å². The first kappa shape index (κ1) is 8.71. The SMILES string of the molecule is CCc1ccc(OC(C)=O)nc1. The average molecular weight is 165 g/mol. The van der Waals surface area contributed by atoms with Crippen molar-refractivity contribution in [2.45, 2.75) is 20.3 Å². The molecular weight excluding hydrogens is 154 g/mol. The fraction of sp³-hybridized carbons (Fsp3) is 0.333. The van der Waals surface area contributed by atoms with Gasteiger partial charge in [0.05, 0.1) is 0 Å². The highest BCUT2D eigenvalue weighted by Gasteiger charge is 1.97. The monoisotopic (exact) mass is 165 g/mol. The second-order valence-corrected chi connectivity index (χ2v) is 2.45. The molecule has 0 aliphatic carbocycles.